The van der Waals surface area contributed by atoms with Crippen molar-refractivity contribution < 1.29 is 4.74 Å². The summed E-state index contributed by atoms with van der Waals surface area (Å²) < 4.78 is 5.59. The molecule has 2 aromatic rings. The number of aromatic nitrogens is 2. The van der Waals surface area contributed by atoms with E-state index in [1.54, 1.807) is 30.8 Å². The molecule has 0 unspecified atom stereocenters. The minimum absolute atomic E-state index is 0.550. The van der Waals surface area contributed by atoms with Gasteiger partial charge in [-0.3, -0.25) is 9.98 Å². The van der Waals surface area contributed by atoms with E-state index in [0.29, 0.717) is 13.2 Å². The van der Waals surface area contributed by atoms with Gasteiger partial charge < -0.3 is 15.0 Å². The van der Waals surface area contributed by atoms with Gasteiger partial charge in [0.25, 0.3) is 0 Å². The number of pyridine rings is 1. The second-order valence-electron chi connectivity index (χ2n) is 4.73. The van der Waals surface area contributed by atoms with Crippen molar-refractivity contribution in [1.29, 1.82) is 0 Å². The SMILES string of the molecule is CN=C(NCCOc1cccnc1)N(C)Cc1csc(C)n1. The molecule has 0 aliphatic heterocycles. The lowest BCUT2D eigenvalue weighted by Gasteiger charge is -2.21. The van der Waals surface area contributed by atoms with Crippen molar-refractivity contribution in [2.75, 3.05) is 27.2 Å². The summed E-state index contributed by atoms with van der Waals surface area (Å²) in [6, 6.07) is 3.74. The molecule has 2 heterocycles. The van der Waals surface area contributed by atoms with Gasteiger partial charge in [0.05, 0.1) is 30.0 Å². The predicted octanol–water partition coefficient (Wildman–Crippen LogP) is 1.93. The topological polar surface area (TPSA) is 62.6 Å². The molecule has 2 aromatic heterocycles. The second kappa shape index (κ2) is 8.33. The maximum absolute atomic E-state index is 5.59. The Morgan fingerprint density at radius 2 is 2.36 bits per heavy atom. The molecule has 1 N–H and O–H groups in total. The highest BCUT2D eigenvalue weighted by atomic mass is 32.1. The molecule has 0 aliphatic rings. The predicted molar refractivity (Wildman–Crippen MR) is 89.4 cm³/mol. The lowest BCUT2D eigenvalue weighted by Crippen LogP contribution is -2.40. The number of aryl methyl sites for hydroxylation is 1. The third-order valence-corrected chi connectivity index (χ3v) is 3.75. The van der Waals surface area contributed by atoms with E-state index < -0.39 is 0 Å². The molecule has 0 fully saturated rings. The van der Waals surface area contributed by atoms with Gasteiger partial charge in [-0.2, -0.15) is 0 Å². The number of guanidine groups is 1. The zero-order valence-corrected chi connectivity index (χ0v) is 13.9. The van der Waals surface area contributed by atoms with E-state index in [-0.39, 0.29) is 0 Å². The van der Waals surface area contributed by atoms with Crippen LogP contribution >= 0.6 is 11.3 Å². The van der Waals surface area contributed by atoms with Crippen molar-refractivity contribution in [3.8, 4) is 5.75 Å². The van der Waals surface area contributed by atoms with Crippen LogP contribution in [-0.4, -0.2) is 48.1 Å². The Morgan fingerprint density at radius 1 is 1.50 bits per heavy atom. The summed E-state index contributed by atoms with van der Waals surface area (Å²) in [4.78, 5) is 14.8. The van der Waals surface area contributed by atoms with Crippen LogP contribution in [0, 0.1) is 6.92 Å². The molecule has 22 heavy (non-hydrogen) atoms. The zero-order chi connectivity index (χ0) is 15.8. The maximum Gasteiger partial charge on any atom is 0.193 e. The van der Waals surface area contributed by atoms with E-state index in [1.165, 1.54) is 0 Å². The van der Waals surface area contributed by atoms with Crippen LogP contribution in [0.15, 0.2) is 34.9 Å². The molecule has 0 aliphatic carbocycles. The normalized spacial score (nSPS) is 11.3. The lowest BCUT2D eigenvalue weighted by molar-refractivity contribution is 0.318. The summed E-state index contributed by atoms with van der Waals surface area (Å²) in [5, 5.41) is 6.43. The Hall–Kier alpha value is -2.15. The molecule has 0 amide bonds. The Balaban J connectivity index is 1.74. The van der Waals surface area contributed by atoms with Gasteiger partial charge in [0.2, 0.25) is 0 Å². The van der Waals surface area contributed by atoms with Crippen LogP contribution < -0.4 is 10.1 Å². The number of hydrogen-bond acceptors (Lipinski definition) is 5. The average molecular weight is 319 g/mol. The number of nitrogens with zero attached hydrogens (tertiary/aromatic N) is 4. The quantitative estimate of drug-likeness (QED) is 0.501. The first-order valence-electron chi connectivity index (χ1n) is 7.04. The molecule has 6 nitrogen and oxygen atoms in total. The molecule has 2 rings (SSSR count). The van der Waals surface area contributed by atoms with E-state index in [0.717, 1.165) is 29.0 Å². The molecular weight excluding hydrogens is 298 g/mol. The molecular formula is C15H21N5OS. The third kappa shape index (κ3) is 5.00. The van der Waals surface area contributed by atoms with Crippen LogP contribution in [-0.2, 0) is 6.54 Å². The third-order valence-electron chi connectivity index (χ3n) is 2.93. The first-order valence-corrected chi connectivity index (χ1v) is 7.92. The van der Waals surface area contributed by atoms with E-state index in [4.69, 9.17) is 4.74 Å². The number of aliphatic imine (C=N–C) groups is 1. The fraction of sp³-hybridized carbons (Fsp3) is 0.400. The number of ether oxygens (including phenoxy) is 1. The molecule has 0 aromatic carbocycles. The van der Waals surface area contributed by atoms with Crippen molar-refractivity contribution in [2.45, 2.75) is 13.5 Å². The van der Waals surface area contributed by atoms with Gasteiger partial charge in [0.15, 0.2) is 5.96 Å². The van der Waals surface area contributed by atoms with Crippen LogP contribution in [0.5, 0.6) is 5.75 Å². The van der Waals surface area contributed by atoms with Crippen LogP contribution in [0.3, 0.4) is 0 Å². The summed E-state index contributed by atoms with van der Waals surface area (Å²) in [5.74, 6) is 1.59. The van der Waals surface area contributed by atoms with Crippen molar-refractivity contribution in [1.82, 2.24) is 20.2 Å². The van der Waals surface area contributed by atoms with Crippen LogP contribution in [0.2, 0.25) is 0 Å². The van der Waals surface area contributed by atoms with Gasteiger partial charge in [-0.25, -0.2) is 4.98 Å². The van der Waals surface area contributed by atoms with E-state index in [2.05, 4.69) is 25.7 Å². The summed E-state index contributed by atoms with van der Waals surface area (Å²) >= 11 is 1.66. The Bertz CT molecular complexity index is 599. The van der Waals surface area contributed by atoms with Crippen LogP contribution in [0.4, 0.5) is 0 Å². The second-order valence-corrected chi connectivity index (χ2v) is 5.79. The minimum atomic E-state index is 0.550. The smallest absolute Gasteiger partial charge is 0.193 e. The minimum Gasteiger partial charge on any atom is -0.490 e. The molecule has 0 saturated carbocycles. The fourth-order valence-electron chi connectivity index (χ4n) is 1.95. The van der Waals surface area contributed by atoms with Crippen molar-refractivity contribution in [3.05, 3.63) is 40.6 Å². The number of thiazole rings is 1. The highest BCUT2D eigenvalue weighted by Gasteiger charge is 2.08. The lowest BCUT2D eigenvalue weighted by atomic mass is 10.4. The van der Waals surface area contributed by atoms with Crippen LogP contribution in [0.1, 0.15) is 10.7 Å². The number of nitrogens with one attached hydrogen (secondary N) is 1. The molecule has 0 spiro atoms. The molecule has 0 radical (unpaired) electrons. The summed E-state index contributed by atoms with van der Waals surface area (Å²) in [6.45, 7) is 3.96. The van der Waals surface area contributed by atoms with Gasteiger partial charge in [-0.15, -0.1) is 11.3 Å². The van der Waals surface area contributed by atoms with Gasteiger partial charge in [-0.05, 0) is 19.1 Å². The van der Waals surface area contributed by atoms with E-state index in [9.17, 15) is 0 Å². The molecule has 0 bridgehead atoms. The molecule has 118 valence electrons. The summed E-state index contributed by atoms with van der Waals surface area (Å²) in [6.07, 6.45) is 3.42. The zero-order valence-electron chi connectivity index (χ0n) is 13.1. The highest BCUT2D eigenvalue weighted by Crippen LogP contribution is 2.09. The first-order chi connectivity index (χ1) is 10.7. The van der Waals surface area contributed by atoms with Crippen molar-refractivity contribution in [3.63, 3.8) is 0 Å². The Morgan fingerprint density at radius 3 is 3.00 bits per heavy atom. The fourth-order valence-corrected chi connectivity index (χ4v) is 2.55. The number of hydrogen-bond donors (Lipinski definition) is 1. The Labute approximate surface area is 134 Å². The molecule has 0 saturated heterocycles. The largest absolute Gasteiger partial charge is 0.490 e. The van der Waals surface area contributed by atoms with Gasteiger partial charge in [0, 0.05) is 25.7 Å². The van der Waals surface area contributed by atoms with E-state index >= 15 is 0 Å². The standard InChI is InChI=1S/C15H21N5OS/c1-12-19-13(11-22-12)10-20(3)15(16-2)18-7-8-21-14-5-4-6-17-9-14/h4-6,9,11H,7-8,10H2,1-3H3,(H,16,18). The van der Waals surface area contributed by atoms with Gasteiger partial charge in [-0.1, -0.05) is 0 Å². The summed E-state index contributed by atoms with van der Waals surface area (Å²) in [5.41, 5.74) is 1.06. The maximum atomic E-state index is 5.59. The monoisotopic (exact) mass is 319 g/mol. The number of rotatable bonds is 6. The van der Waals surface area contributed by atoms with Gasteiger partial charge in [0.1, 0.15) is 12.4 Å². The molecule has 7 heteroatoms. The first kappa shape index (κ1) is 16.2. The molecule has 0 atom stereocenters. The highest BCUT2D eigenvalue weighted by molar-refractivity contribution is 7.09. The van der Waals surface area contributed by atoms with E-state index in [1.807, 2.05) is 31.0 Å². The van der Waals surface area contributed by atoms with Gasteiger partial charge >= 0.3 is 0 Å². The van der Waals surface area contributed by atoms with Crippen molar-refractivity contribution >= 4 is 17.3 Å². The summed E-state index contributed by atoms with van der Waals surface area (Å²) in [7, 11) is 3.76. The van der Waals surface area contributed by atoms with Crippen LogP contribution in [0.25, 0.3) is 0 Å². The Kier molecular flexibility index (Phi) is 6.14. The average Bonchev–Trinajstić information content (AvgIpc) is 2.93. The van der Waals surface area contributed by atoms with Crippen molar-refractivity contribution in [2.24, 2.45) is 4.99 Å².